The lowest BCUT2D eigenvalue weighted by Gasteiger charge is -2.06. The molecule has 0 aliphatic heterocycles. The van der Waals surface area contributed by atoms with E-state index >= 15 is 0 Å². The molecule has 2 N–H and O–H groups in total. The van der Waals surface area contributed by atoms with Gasteiger partial charge in [0, 0.05) is 25.4 Å². The first-order valence-corrected chi connectivity index (χ1v) is 8.18. The van der Waals surface area contributed by atoms with Crippen LogP contribution in [0, 0.1) is 16.5 Å². The lowest BCUT2D eigenvalue weighted by atomic mass is 10.1. The van der Waals surface area contributed by atoms with Crippen LogP contribution in [-0.4, -0.2) is 27.2 Å². The van der Waals surface area contributed by atoms with Gasteiger partial charge in [-0.1, -0.05) is 12.1 Å². The molecular weight excluding hydrogens is 315 g/mol. The van der Waals surface area contributed by atoms with Crippen molar-refractivity contribution in [3.8, 4) is 0 Å². The van der Waals surface area contributed by atoms with E-state index in [1.54, 1.807) is 12.1 Å². The summed E-state index contributed by atoms with van der Waals surface area (Å²) in [6.45, 7) is 3.30. The summed E-state index contributed by atoms with van der Waals surface area (Å²) in [6.07, 6.45) is 1.46. The van der Waals surface area contributed by atoms with Gasteiger partial charge in [0.25, 0.3) is 0 Å². The van der Waals surface area contributed by atoms with Crippen LogP contribution in [-0.2, 0) is 17.8 Å². The molecular formula is C16H19FN4OS. The minimum absolute atomic E-state index is 0.00698. The molecule has 0 spiro atoms. The Morgan fingerprint density at radius 1 is 1.48 bits per heavy atom. The summed E-state index contributed by atoms with van der Waals surface area (Å²) in [4.78, 5) is 12.2. The number of halogens is 1. The highest BCUT2D eigenvalue weighted by Gasteiger charge is 2.43. The number of carbonyl (C=O) groups is 1. The maximum absolute atomic E-state index is 12.9. The third-order valence-electron chi connectivity index (χ3n) is 4.23. The van der Waals surface area contributed by atoms with Crippen molar-refractivity contribution in [2.45, 2.75) is 32.2 Å². The molecule has 1 aliphatic rings. The molecule has 1 amide bonds. The number of nitrogens with zero attached hydrogens (tertiary/aromatic N) is 2. The van der Waals surface area contributed by atoms with E-state index in [4.69, 9.17) is 12.2 Å². The van der Waals surface area contributed by atoms with Crippen molar-refractivity contribution in [2.24, 2.45) is 5.92 Å². The highest BCUT2D eigenvalue weighted by Crippen LogP contribution is 2.47. The van der Waals surface area contributed by atoms with E-state index < -0.39 is 0 Å². The zero-order valence-corrected chi connectivity index (χ0v) is 13.7. The summed E-state index contributed by atoms with van der Waals surface area (Å²) < 4.78 is 15.4. The lowest BCUT2D eigenvalue weighted by Crippen LogP contribution is -2.28. The molecule has 3 rings (SSSR count). The number of amides is 1. The van der Waals surface area contributed by atoms with Gasteiger partial charge >= 0.3 is 0 Å². The summed E-state index contributed by atoms with van der Waals surface area (Å²) in [7, 11) is 0. The van der Waals surface area contributed by atoms with Gasteiger partial charge in [-0.2, -0.15) is 5.10 Å². The maximum Gasteiger partial charge on any atom is 0.223 e. The number of rotatable bonds is 6. The SMILES string of the molecule is CCn1c(CCNC(=O)[C@H]2C[C@@H]2c2ccc(F)cc2)n[nH]c1=S. The smallest absolute Gasteiger partial charge is 0.223 e. The first-order chi connectivity index (χ1) is 11.1. The Morgan fingerprint density at radius 2 is 2.22 bits per heavy atom. The van der Waals surface area contributed by atoms with Crippen molar-refractivity contribution in [1.82, 2.24) is 20.1 Å². The van der Waals surface area contributed by atoms with Crippen LogP contribution in [0.15, 0.2) is 24.3 Å². The van der Waals surface area contributed by atoms with Gasteiger partial charge in [-0.15, -0.1) is 0 Å². The molecule has 5 nitrogen and oxygen atoms in total. The number of hydrogen-bond acceptors (Lipinski definition) is 3. The average Bonchev–Trinajstić information content (AvgIpc) is 3.26. The van der Waals surface area contributed by atoms with Gasteiger partial charge in [-0.05, 0) is 49.2 Å². The first-order valence-electron chi connectivity index (χ1n) is 7.77. The standard InChI is InChI=1S/C16H19FN4OS/c1-2-21-14(19-20-16(21)23)7-8-18-15(22)13-9-12(13)10-3-5-11(17)6-4-10/h3-6,12-13H,2,7-9H2,1H3,(H,18,22)(H,20,23)/t12-,13+/m1/s1. The predicted molar refractivity (Wildman–Crippen MR) is 87.0 cm³/mol. The van der Waals surface area contributed by atoms with Gasteiger partial charge in [0.2, 0.25) is 5.91 Å². The average molecular weight is 334 g/mol. The largest absolute Gasteiger partial charge is 0.355 e. The van der Waals surface area contributed by atoms with Crippen molar-refractivity contribution in [1.29, 1.82) is 0 Å². The number of aromatic amines is 1. The Morgan fingerprint density at radius 3 is 2.91 bits per heavy atom. The van der Waals surface area contributed by atoms with Crippen LogP contribution < -0.4 is 5.32 Å². The Bertz CT molecular complexity index is 752. The maximum atomic E-state index is 12.9. The van der Waals surface area contributed by atoms with E-state index in [9.17, 15) is 9.18 Å². The Labute approximate surface area is 138 Å². The predicted octanol–water partition coefficient (Wildman–Crippen LogP) is 2.56. The fourth-order valence-electron chi connectivity index (χ4n) is 2.86. The van der Waals surface area contributed by atoms with E-state index in [0.717, 1.165) is 24.4 Å². The zero-order chi connectivity index (χ0) is 16.4. The number of hydrogen-bond donors (Lipinski definition) is 2. The van der Waals surface area contributed by atoms with Crippen molar-refractivity contribution in [2.75, 3.05) is 6.54 Å². The van der Waals surface area contributed by atoms with Crippen molar-refractivity contribution in [3.63, 3.8) is 0 Å². The van der Waals surface area contributed by atoms with Gasteiger partial charge < -0.3 is 9.88 Å². The highest BCUT2D eigenvalue weighted by atomic mass is 32.1. The van der Waals surface area contributed by atoms with Gasteiger partial charge in [0.05, 0.1) is 0 Å². The van der Waals surface area contributed by atoms with Gasteiger partial charge in [-0.25, -0.2) is 4.39 Å². The lowest BCUT2D eigenvalue weighted by molar-refractivity contribution is -0.122. The second-order valence-corrected chi connectivity index (χ2v) is 6.12. The number of benzene rings is 1. The van der Waals surface area contributed by atoms with E-state index in [-0.39, 0.29) is 23.6 Å². The second kappa shape index (κ2) is 6.62. The third-order valence-corrected chi connectivity index (χ3v) is 4.54. The summed E-state index contributed by atoms with van der Waals surface area (Å²) in [6, 6.07) is 6.39. The molecule has 2 atom stereocenters. The highest BCUT2D eigenvalue weighted by molar-refractivity contribution is 7.71. The molecule has 1 aliphatic carbocycles. The molecule has 0 unspecified atom stereocenters. The van der Waals surface area contributed by atoms with E-state index in [2.05, 4.69) is 15.5 Å². The Balaban J connectivity index is 1.49. The summed E-state index contributed by atoms with van der Waals surface area (Å²) in [5, 5.41) is 9.89. The second-order valence-electron chi connectivity index (χ2n) is 5.73. The zero-order valence-electron chi connectivity index (χ0n) is 12.9. The van der Waals surface area contributed by atoms with E-state index in [0.29, 0.717) is 17.7 Å². The monoisotopic (exact) mass is 334 g/mol. The molecule has 23 heavy (non-hydrogen) atoms. The number of H-pyrrole nitrogens is 1. The van der Waals surface area contributed by atoms with Crippen LogP contribution in [0.3, 0.4) is 0 Å². The molecule has 2 aromatic rings. The van der Waals surface area contributed by atoms with Crippen molar-refractivity contribution < 1.29 is 9.18 Å². The van der Waals surface area contributed by atoms with Crippen LogP contribution >= 0.6 is 12.2 Å². The van der Waals surface area contributed by atoms with Crippen LogP contribution in [0.5, 0.6) is 0 Å². The molecule has 1 heterocycles. The molecule has 0 radical (unpaired) electrons. The van der Waals surface area contributed by atoms with Crippen molar-refractivity contribution in [3.05, 3.63) is 46.2 Å². The van der Waals surface area contributed by atoms with Crippen LogP contribution in [0.2, 0.25) is 0 Å². The Hall–Kier alpha value is -2.02. The number of nitrogens with one attached hydrogen (secondary N) is 2. The minimum atomic E-state index is -0.250. The molecule has 0 bridgehead atoms. The van der Waals surface area contributed by atoms with Crippen molar-refractivity contribution >= 4 is 18.1 Å². The summed E-state index contributed by atoms with van der Waals surface area (Å²) in [5.74, 6) is 0.855. The van der Waals surface area contributed by atoms with Gasteiger partial charge in [-0.3, -0.25) is 9.89 Å². The molecule has 122 valence electrons. The molecule has 0 saturated heterocycles. The third kappa shape index (κ3) is 3.50. The van der Waals surface area contributed by atoms with Crippen LogP contribution in [0.1, 0.15) is 30.7 Å². The quantitative estimate of drug-likeness (QED) is 0.798. The summed E-state index contributed by atoms with van der Waals surface area (Å²) in [5.41, 5.74) is 1.03. The molecule has 1 aromatic heterocycles. The van der Waals surface area contributed by atoms with Crippen LogP contribution in [0.25, 0.3) is 0 Å². The molecule has 1 fully saturated rings. The van der Waals surface area contributed by atoms with E-state index in [1.807, 2.05) is 11.5 Å². The fourth-order valence-corrected chi connectivity index (χ4v) is 3.14. The first kappa shape index (κ1) is 15.9. The summed E-state index contributed by atoms with van der Waals surface area (Å²) >= 11 is 5.14. The van der Waals surface area contributed by atoms with Gasteiger partial charge in [0.1, 0.15) is 11.6 Å². The molecule has 1 saturated carbocycles. The van der Waals surface area contributed by atoms with Crippen LogP contribution in [0.4, 0.5) is 4.39 Å². The molecule has 1 aromatic carbocycles. The normalized spacial score (nSPS) is 19.6. The fraction of sp³-hybridized carbons (Fsp3) is 0.438. The minimum Gasteiger partial charge on any atom is -0.355 e. The number of aromatic nitrogens is 3. The molecule has 7 heteroatoms. The van der Waals surface area contributed by atoms with Gasteiger partial charge in [0.15, 0.2) is 4.77 Å². The Kier molecular flexibility index (Phi) is 4.56. The van der Waals surface area contributed by atoms with E-state index in [1.165, 1.54) is 12.1 Å². The topological polar surface area (TPSA) is 62.7 Å². The number of carbonyl (C=O) groups excluding carboxylic acids is 1.